The monoisotopic (exact) mass is 395 g/mol. The van der Waals surface area contributed by atoms with Crippen molar-refractivity contribution in [2.75, 3.05) is 26.1 Å². The Morgan fingerprint density at radius 2 is 1.93 bits per heavy atom. The van der Waals surface area contributed by atoms with E-state index in [9.17, 15) is 4.79 Å². The average molecular weight is 395 g/mol. The number of amides is 2. The van der Waals surface area contributed by atoms with Crippen LogP contribution in [-0.2, 0) is 6.42 Å². The summed E-state index contributed by atoms with van der Waals surface area (Å²) in [5.74, 6) is 1.81. The molecule has 0 spiro atoms. The number of carbonyl (C=O) groups excluding carboxylic acids is 1. The molecular formula is C21H25N5O3. The summed E-state index contributed by atoms with van der Waals surface area (Å²) in [5.41, 5.74) is 3.57. The lowest BCUT2D eigenvalue weighted by molar-refractivity contribution is 0.252. The first-order valence-electron chi connectivity index (χ1n) is 9.27. The molecule has 0 aliphatic heterocycles. The fourth-order valence-electron chi connectivity index (χ4n) is 3.19. The van der Waals surface area contributed by atoms with Crippen LogP contribution in [-0.4, -0.2) is 41.6 Å². The molecule has 8 nitrogen and oxygen atoms in total. The number of aromatic nitrogens is 3. The van der Waals surface area contributed by atoms with Crippen LogP contribution in [0, 0.1) is 13.8 Å². The highest BCUT2D eigenvalue weighted by Crippen LogP contribution is 2.34. The molecule has 0 bridgehead atoms. The molecule has 2 N–H and O–H groups in total. The number of para-hydroxylation sites is 1. The third kappa shape index (κ3) is 4.48. The minimum atomic E-state index is -0.316. The number of pyridine rings is 1. The Balaban J connectivity index is 1.62. The molecule has 1 aromatic carbocycles. The van der Waals surface area contributed by atoms with Crippen LogP contribution in [0.25, 0.3) is 5.82 Å². The summed E-state index contributed by atoms with van der Waals surface area (Å²) in [6.45, 7) is 4.43. The first kappa shape index (κ1) is 20.2. The predicted octanol–water partition coefficient (Wildman–Crippen LogP) is 3.27. The number of urea groups is 1. The number of carbonyl (C=O) groups is 1. The summed E-state index contributed by atoms with van der Waals surface area (Å²) in [4.78, 5) is 16.7. The zero-order valence-corrected chi connectivity index (χ0v) is 17.0. The molecule has 152 valence electrons. The van der Waals surface area contributed by atoms with Crippen molar-refractivity contribution in [3.05, 3.63) is 59.5 Å². The number of anilines is 1. The van der Waals surface area contributed by atoms with Crippen molar-refractivity contribution in [2.45, 2.75) is 20.3 Å². The van der Waals surface area contributed by atoms with E-state index in [0.29, 0.717) is 30.2 Å². The van der Waals surface area contributed by atoms with Crippen LogP contribution in [0.1, 0.15) is 17.0 Å². The van der Waals surface area contributed by atoms with E-state index >= 15 is 0 Å². The van der Waals surface area contributed by atoms with Gasteiger partial charge in [-0.25, -0.2) is 14.5 Å². The van der Waals surface area contributed by atoms with E-state index in [1.165, 1.54) is 7.11 Å². The van der Waals surface area contributed by atoms with E-state index in [1.54, 1.807) is 31.5 Å². The molecule has 8 heteroatoms. The van der Waals surface area contributed by atoms with Crippen LogP contribution in [0.3, 0.4) is 0 Å². The largest absolute Gasteiger partial charge is 0.493 e. The number of rotatable bonds is 7. The number of benzene rings is 1. The molecule has 0 atom stereocenters. The van der Waals surface area contributed by atoms with Gasteiger partial charge in [-0.1, -0.05) is 12.1 Å². The summed E-state index contributed by atoms with van der Waals surface area (Å²) in [5, 5.41) is 10.3. The number of methoxy groups -OCH3 is 2. The van der Waals surface area contributed by atoms with Gasteiger partial charge in [0.05, 0.1) is 25.6 Å². The van der Waals surface area contributed by atoms with E-state index < -0.39 is 0 Å². The molecule has 3 aromatic rings. The molecule has 0 aliphatic rings. The van der Waals surface area contributed by atoms with E-state index in [4.69, 9.17) is 9.47 Å². The summed E-state index contributed by atoms with van der Waals surface area (Å²) < 4.78 is 12.4. The van der Waals surface area contributed by atoms with Crippen molar-refractivity contribution in [1.29, 1.82) is 0 Å². The quantitative estimate of drug-likeness (QED) is 0.641. The Hall–Kier alpha value is -3.55. The molecule has 0 saturated heterocycles. The number of hydrogen-bond donors (Lipinski definition) is 2. The van der Waals surface area contributed by atoms with Gasteiger partial charge in [-0.2, -0.15) is 5.10 Å². The number of nitrogens with zero attached hydrogens (tertiary/aromatic N) is 3. The zero-order chi connectivity index (χ0) is 20.8. The summed E-state index contributed by atoms with van der Waals surface area (Å²) in [6.07, 6.45) is 2.40. The van der Waals surface area contributed by atoms with Gasteiger partial charge in [-0.15, -0.1) is 0 Å². The lowest BCUT2D eigenvalue weighted by Gasteiger charge is -2.14. The van der Waals surface area contributed by atoms with Crippen LogP contribution >= 0.6 is 0 Å². The highest BCUT2D eigenvalue weighted by Gasteiger charge is 2.15. The van der Waals surface area contributed by atoms with Crippen LogP contribution in [0.5, 0.6) is 11.5 Å². The number of nitrogens with one attached hydrogen (secondary N) is 2. The highest BCUT2D eigenvalue weighted by atomic mass is 16.5. The maximum absolute atomic E-state index is 12.3. The van der Waals surface area contributed by atoms with Crippen molar-refractivity contribution in [2.24, 2.45) is 0 Å². The first-order chi connectivity index (χ1) is 14.0. The van der Waals surface area contributed by atoms with E-state index in [2.05, 4.69) is 20.7 Å². The van der Waals surface area contributed by atoms with Gasteiger partial charge < -0.3 is 20.1 Å². The van der Waals surface area contributed by atoms with Gasteiger partial charge in [-0.05, 0) is 50.1 Å². The fraction of sp³-hybridized carbons (Fsp3) is 0.286. The fourth-order valence-corrected chi connectivity index (χ4v) is 3.19. The standard InChI is InChI=1S/C21H25N5O3/c1-14-16(15(2)26(25-14)19-10-5-6-12-22-19)11-13-23-21(27)24-17-8-7-9-18(28-3)20(17)29-4/h5-10,12H,11,13H2,1-4H3,(H2,23,24,27). The maximum Gasteiger partial charge on any atom is 0.319 e. The molecule has 0 radical (unpaired) electrons. The summed E-state index contributed by atoms with van der Waals surface area (Å²) in [6, 6.07) is 10.7. The third-order valence-electron chi connectivity index (χ3n) is 4.62. The Kier molecular flexibility index (Phi) is 6.33. The smallest absolute Gasteiger partial charge is 0.319 e. The molecule has 0 saturated carbocycles. The number of aryl methyl sites for hydroxylation is 1. The maximum atomic E-state index is 12.3. The van der Waals surface area contributed by atoms with Crippen molar-refractivity contribution < 1.29 is 14.3 Å². The minimum Gasteiger partial charge on any atom is -0.493 e. The van der Waals surface area contributed by atoms with Gasteiger partial charge in [0.2, 0.25) is 0 Å². The molecule has 0 aliphatic carbocycles. The topological polar surface area (TPSA) is 90.3 Å². The molecular weight excluding hydrogens is 370 g/mol. The lowest BCUT2D eigenvalue weighted by Crippen LogP contribution is -2.30. The van der Waals surface area contributed by atoms with Gasteiger partial charge in [0.25, 0.3) is 0 Å². The predicted molar refractivity (Wildman–Crippen MR) is 111 cm³/mol. The van der Waals surface area contributed by atoms with Crippen LogP contribution in [0.2, 0.25) is 0 Å². The normalized spacial score (nSPS) is 10.5. The molecule has 2 amide bonds. The molecule has 0 fully saturated rings. The molecule has 0 unspecified atom stereocenters. The van der Waals surface area contributed by atoms with Gasteiger partial charge in [-0.3, -0.25) is 0 Å². The van der Waals surface area contributed by atoms with Crippen molar-refractivity contribution in [3.63, 3.8) is 0 Å². The Bertz CT molecular complexity index is 985. The van der Waals surface area contributed by atoms with Gasteiger partial charge in [0.15, 0.2) is 17.3 Å². The minimum absolute atomic E-state index is 0.316. The molecule has 29 heavy (non-hydrogen) atoms. The van der Waals surface area contributed by atoms with Crippen molar-refractivity contribution in [1.82, 2.24) is 20.1 Å². The average Bonchev–Trinajstić information content (AvgIpc) is 3.02. The number of hydrogen-bond acceptors (Lipinski definition) is 5. The Morgan fingerprint density at radius 3 is 2.62 bits per heavy atom. The van der Waals surface area contributed by atoms with Gasteiger partial charge in [0.1, 0.15) is 0 Å². The van der Waals surface area contributed by atoms with Crippen LogP contribution in [0.4, 0.5) is 10.5 Å². The third-order valence-corrected chi connectivity index (χ3v) is 4.62. The Labute approximate surface area is 169 Å². The van der Waals surface area contributed by atoms with Gasteiger partial charge >= 0.3 is 6.03 Å². The second kappa shape index (κ2) is 9.09. The summed E-state index contributed by atoms with van der Waals surface area (Å²) >= 11 is 0. The zero-order valence-electron chi connectivity index (χ0n) is 17.0. The van der Waals surface area contributed by atoms with E-state index in [0.717, 1.165) is 22.8 Å². The summed E-state index contributed by atoms with van der Waals surface area (Å²) in [7, 11) is 3.09. The van der Waals surface area contributed by atoms with Gasteiger partial charge in [0, 0.05) is 18.4 Å². The van der Waals surface area contributed by atoms with Crippen molar-refractivity contribution >= 4 is 11.7 Å². The SMILES string of the molecule is COc1cccc(NC(=O)NCCc2c(C)nn(-c3ccccn3)c2C)c1OC. The van der Waals surface area contributed by atoms with Crippen LogP contribution < -0.4 is 20.1 Å². The molecule has 2 heterocycles. The van der Waals surface area contributed by atoms with Crippen molar-refractivity contribution in [3.8, 4) is 17.3 Å². The Morgan fingerprint density at radius 1 is 1.10 bits per heavy atom. The second-order valence-electron chi connectivity index (χ2n) is 6.42. The first-order valence-corrected chi connectivity index (χ1v) is 9.27. The molecule has 3 rings (SSSR count). The van der Waals surface area contributed by atoms with Crippen LogP contribution in [0.15, 0.2) is 42.6 Å². The highest BCUT2D eigenvalue weighted by molar-refractivity contribution is 5.91. The molecule has 2 aromatic heterocycles. The van der Waals surface area contributed by atoms with E-state index in [-0.39, 0.29) is 6.03 Å². The second-order valence-corrected chi connectivity index (χ2v) is 6.42. The lowest BCUT2D eigenvalue weighted by atomic mass is 10.1. The van der Waals surface area contributed by atoms with E-state index in [1.807, 2.05) is 36.7 Å². The number of ether oxygens (including phenoxy) is 2.